The van der Waals surface area contributed by atoms with Gasteiger partial charge in [-0.05, 0) is 0 Å². The van der Waals surface area contributed by atoms with Crippen LogP contribution >= 0.6 is 0 Å². The van der Waals surface area contributed by atoms with E-state index in [1.54, 1.807) is 0 Å². The standard InChI is InChI=1S/C4H11NO2Si/c1-8-4-2-3-5(6)7/h2-4,8H2,1H3. The van der Waals surface area contributed by atoms with Gasteiger partial charge in [-0.2, -0.15) is 0 Å². The van der Waals surface area contributed by atoms with Gasteiger partial charge in [0.15, 0.2) is 0 Å². The van der Waals surface area contributed by atoms with Crippen LogP contribution in [0.2, 0.25) is 12.6 Å². The zero-order valence-corrected chi connectivity index (χ0v) is 6.51. The Bertz CT molecular complexity index is 76.4. The fourth-order valence-electron chi connectivity index (χ4n) is 0.491. The average Bonchev–Trinajstić information content (AvgIpc) is 1.66. The summed E-state index contributed by atoms with van der Waals surface area (Å²) in [6, 6.07) is 1.11. The predicted molar refractivity (Wildman–Crippen MR) is 35.7 cm³/mol. The highest BCUT2D eigenvalue weighted by Gasteiger charge is 1.92. The molecule has 0 unspecified atom stereocenters. The maximum absolute atomic E-state index is 9.70. The van der Waals surface area contributed by atoms with Crippen LogP contribution in [-0.4, -0.2) is 21.0 Å². The Labute approximate surface area is 51.1 Å². The minimum absolute atomic E-state index is 0.0666. The molecule has 4 heteroatoms. The van der Waals surface area contributed by atoms with Crippen molar-refractivity contribution in [1.29, 1.82) is 0 Å². The zero-order chi connectivity index (χ0) is 6.41. The van der Waals surface area contributed by atoms with Crippen molar-refractivity contribution in [2.24, 2.45) is 0 Å². The molecular weight excluding hydrogens is 122 g/mol. The maximum atomic E-state index is 9.70. The van der Waals surface area contributed by atoms with Gasteiger partial charge in [0.25, 0.3) is 0 Å². The van der Waals surface area contributed by atoms with Crippen molar-refractivity contribution in [3.8, 4) is 0 Å². The molecule has 0 amide bonds. The Kier molecular flexibility index (Phi) is 4.54. The summed E-state index contributed by atoms with van der Waals surface area (Å²) in [6.07, 6.45) is 0.787. The van der Waals surface area contributed by atoms with Crippen LogP contribution in [0.15, 0.2) is 0 Å². The topological polar surface area (TPSA) is 43.1 Å². The van der Waals surface area contributed by atoms with Crippen LogP contribution in [0.5, 0.6) is 0 Å². The first kappa shape index (κ1) is 7.62. The molecule has 0 atom stereocenters. The molecule has 0 bridgehead atoms. The molecule has 0 aromatic carbocycles. The molecule has 48 valence electrons. The van der Waals surface area contributed by atoms with E-state index < -0.39 is 0 Å². The summed E-state index contributed by atoms with van der Waals surface area (Å²) >= 11 is 0. The maximum Gasteiger partial charge on any atom is 0.203 e. The highest BCUT2D eigenvalue weighted by Crippen LogP contribution is 1.86. The van der Waals surface area contributed by atoms with Gasteiger partial charge < -0.3 is 0 Å². The monoisotopic (exact) mass is 133 g/mol. The van der Waals surface area contributed by atoms with E-state index in [9.17, 15) is 10.1 Å². The van der Waals surface area contributed by atoms with Gasteiger partial charge in [0.05, 0.1) is 0 Å². The van der Waals surface area contributed by atoms with Crippen LogP contribution in [0.1, 0.15) is 6.42 Å². The summed E-state index contributed by atoms with van der Waals surface area (Å²) in [4.78, 5) is 9.45. The van der Waals surface area contributed by atoms with Gasteiger partial charge in [0.2, 0.25) is 6.54 Å². The second-order valence-electron chi connectivity index (χ2n) is 1.76. The van der Waals surface area contributed by atoms with Gasteiger partial charge in [0, 0.05) is 20.9 Å². The molecule has 0 heterocycles. The minimum Gasteiger partial charge on any atom is -0.265 e. The number of hydrogen-bond donors (Lipinski definition) is 0. The summed E-state index contributed by atoms with van der Waals surface area (Å²) < 4.78 is 0. The van der Waals surface area contributed by atoms with Crippen molar-refractivity contribution < 1.29 is 4.92 Å². The van der Waals surface area contributed by atoms with Crippen molar-refractivity contribution in [3.63, 3.8) is 0 Å². The molecule has 0 saturated carbocycles. The highest BCUT2D eigenvalue weighted by atomic mass is 28.2. The molecule has 0 spiro atoms. The average molecular weight is 133 g/mol. The second kappa shape index (κ2) is 4.77. The molecule has 0 saturated heterocycles. The third-order valence-corrected chi connectivity index (χ3v) is 2.15. The van der Waals surface area contributed by atoms with Gasteiger partial charge in [0.1, 0.15) is 0 Å². The van der Waals surface area contributed by atoms with E-state index in [-0.39, 0.29) is 21.0 Å². The van der Waals surface area contributed by atoms with E-state index in [0.717, 1.165) is 12.5 Å². The van der Waals surface area contributed by atoms with E-state index >= 15 is 0 Å². The first-order valence-electron chi connectivity index (χ1n) is 2.89. The lowest BCUT2D eigenvalue weighted by Gasteiger charge is -1.88. The van der Waals surface area contributed by atoms with Crippen molar-refractivity contribution in [3.05, 3.63) is 10.1 Å². The fraction of sp³-hybridized carbons (Fsp3) is 1.00. The van der Waals surface area contributed by atoms with Gasteiger partial charge in [-0.1, -0.05) is 12.6 Å². The van der Waals surface area contributed by atoms with Gasteiger partial charge in [-0.25, -0.2) is 0 Å². The number of rotatable bonds is 4. The second-order valence-corrected chi connectivity index (χ2v) is 3.47. The lowest BCUT2D eigenvalue weighted by atomic mass is 10.5. The smallest absolute Gasteiger partial charge is 0.203 e. The van der Waals surface area contributed by atoms with Crippen LogP contribution in [0.25, 0.3) is 0 Å². The van der Waals surface area contributed by atoms with Crippen molar-refractivity contribution in [2.45, 2.75) is 19.0 Å². The summed E-state index contributed by atoms with van der Waals surface area (Å²) in [5.41, 5.74) is 0. The Morgan fingerprint density at radius 2 is 2.38 bits per heavy atom. The van der Waals surface area contributed by atoms with Crippen LogP contribution in [0, 0.1) is 10.1 Å². The van der Waals surface area contributed by atoms with Crippen LogP contribution in [0.4, 0.5) is 0 Å². The Hall–Kier alpha value is -0.383. The van der Waals surface area contributed by atoms with Crippen molar-refractivity contribution >= 4 is 9.52 Å². The molecule has 8 heavy (non-hydrogen) atoms. The molecule has 0 N–H and O–H groups in total. The third kappa shape index (κ3) is 5.62. The van der Waals surface area contributed by atoms with Crippen LogP contribution in [-0.2, 0) is 0 Å². The molecule has 0 aliphatic carbocycles. The third-order valence-electron chi connectivity index (χ3n) is 0.944. The summed E-state index contributed by atoms with van der Waals surface area (Å²) in [5, 5.41) is 9.70. The summed E-state index contributed by atoms with van der Waals surface area (Å²) in [5.74, 6) is 0. The molecule has 0 aliphatic rings. The first-order chi connectivity index (χ1) is 3.77. The number of nitro groups is 1. The molecule has 0 radical (unpaired) electrons. The predicted octanol–water partition coefficient (Wildman–Crippen LogP) is 0.288. The molecule has 3 nitrogen and oxygen atoms in total. The van der Waals surface area contributed by atoms with E-state index in [1.807, 2.05) is 0 Å². The quantitative estimate of drug-likeness (QED) is 0.239. The molecular formula is C4H11NO2Si. The molecule has 0 aromatic heterocycles. The summed E-state index contributed by atoms with van der Waals surface area (Å²) in [7, 11) is 0.0666. The Morgan fingerprint density at radius 3 is 2.75 bits per heavy atom. The van der Waals surface area contributed by atoms with Crippen LogP contribution < -0.4 is 0 Å². The van der Waals surface area contributed by atoms with Gasteiger partial charge in [-0.3, -0.25) is 10.1 Å². The Balaban J connectivity index is 2.82. The van der Waals surface area contributed by atoms with E-state index in [1.165, 1.54) is 0 Å². The number of hydrogen-bond acceptors (Lipinski definition) is 2. The van der Waals surface area contributed by atoms with E-state index in [0.29, 0.717) is 0 Å². The minimum atomic E-state index is -0.246. The van der Waals surface area contributed by atoms with Crippen molar-refractivity contribution in [1.82, 2.24) is 0 Å². The molecule has 0 rings (SSSR count). The lowest BCUT2D eigenvalue weighted by Crippen LogP contribution is -2.00. The van der Waals surface area contributed by atoms with Gasteiger partial charge in [-0.15, -0.1) is 0 Å². The number of nitrogens with zero attached hydrogens (tertiary/aromatic N) is 1. The molecule has 0 fully saturated rings. The van der Waals surface area contributed by atoms with E-state index in [2.05, 4.69) is 6.55 Å². The Morgan fingerprint density at radius 1 is 1.75 bits per heavy atom. The fourth-order valence-corrected chi connectivity index (χ4v) is 1.21. The first-order valence-corrected chi connectivity index (χ1v) is 5.30. The van der Waals surface area contributed by atoms with Gasteiger partial charge >= 0.3 is 0 Å². The van der Waals surface area contributed by atoms with Crippen LogP contribution in [0.3, 0.4) is 0 Å². The van der Waals surface area contributed by atoms with E-state index in [4.69, 9.17) is 0 Å². The largest absolute Gasteiger partial charge is 0.265 e. The molecule has 0 aromatic rings. The van der Waals surface area contributed by atoms with Crippen molar-refractivity contribution in [2.75, 3.05) is 6.54 Å². The highest BCUT2D eigenvalue weighted by molar-refractivity contribution is 6.33. The normalized spacial score (nSPS) is 10.6. The zero-order valence-electron chi connectivity index (χ0n) is 5.09. The SMILES string of the molecule is C[SiH2]CCC[N+](=O)[O-]. The lowest BCUT2D eigenvalue weighted by molar-refractivity contribution is -0.479. The molecule has 0 aliphatic heterocycles. The summed E-state index contributed by atoms with van der Waals surface area (Å²) in [6.45, 7) is 2.33.